The number of hydrogen-bond acceptors (Lipinski definition) is 14. The van der Waals surface area contributed by atoms with Crippen molar-refractivity contribution in [3.63, 3.8) is 0 Å². The van der Waals surface area contributed by atoms with E-state index >= 15 is 0 Å². The maximum absolute atomic E-state index is 14.6. The summed E-state index contributed by atoms with van der Waals surface area (Å²) in [6, 6.07) is 3.17. The molecule has 2 aromatic carbocycles. The zero-order valence-electron chi connectivity index (χ0n) is 43.4. The Labute approximate surface area is 444 Å². The zero-order valence-corrected chi connectivity index (χ0v) is 43.4. The first-order valence-electron chi connectivity index (χ1n) is 25.2. The molecule has 0 radical (unpaired) electrons. The van der Waals surface area contributed by atoms with E-state index < -0.39 is 125 Å². The number of nitrogens with zero attached hydrogens (tertiary/aromatic N) is 4. The smallest absolute Gasteiger partial charge is 0.326 e. The number of nitro groups is 1. The number of carbonyl (C=O) groups excluding carboxylic acids is 8. The Morgan fingerprint density at radius 2 is 1.38 bits per heavy atom. The number of nitrogens with two attached hydrogens (primary N) is 4. The van der Waals surface area contributed by atoms with Crippen molar-refractivity contribution in [2.45, 2.75) is 134 Å². The van der Waals surface area contributed by atoms with Crippen LogP contribution in [0.5, 0.6) is 0 Å². The number of benzene rings is 2. The molecule has 0 bridgehead atoms. The van der Waals surface area contributed by atoms with Crippen LogP contribution in [0, 0.1) is 22.0 Å². The molecular weight excluding hydrogens is 1000 g/mol. The summed E-state index contributed by atoms with van der Waals surface area (Å²) in [5.74, 6) is -9.29. The molecule has 418 valence electrons. The minimum Gasteiger partial charge on any atom is -0.480 e. The first kappa shape index (κ1) is 61.1. The maximum atomic E-state index is 14.6. The molecule has 9 atom stereocenters. The summed E-state index contributed by atoms with van der Waals surface area (Å²) < 4.78 is 0. The summed E-state index contributed by atoms with van der Waals surface area (Å²) in [7, 11) is 0. The molecule has 1 fully saturated rings. The highest BCUT2D eigenvalue weighted by atomic mass is 16.6. The Morgan fingerprint density at radius 3 is 1.96 bits per heavy atom. The van der Waals surface area contributed by atoms with Gasteiger partial charge >= 0.3 is 5.97 Å². The van der Waals surface area contributed by atoms with Gasteiger partial charge in [-0.15, -0.1) is 0 Å². The molecule has 4 rings (SSSR count). The molecule has 16 N–H and O–H groups in total. The third-order valence-corrected chi connectivity index (χ3v) is 12.9. The van der Waals surface area contributed by atoms with Gasteiger partial charge in [0.2, 0.25) is 47.3 Å². The molecule has 77 heavy (non-hydrogen) atoms. The zero-order chi connectivity index (χ0) is 56.9. The summed E-state index contributed by atoms with van der Waals surface area (Å²) in [5, 5.41) is 37.4. The van der Waals surface area contributed by atoms with Crippen LogP contribution in [0.3, 0.4) is 0 Å². The van der Waals surface area contributed by atoms with Crippen molar-refractivity contribution in [1.82, 2.24) is 46.8 Å². The van der Waals surface area contributed by atoms with Gasteiger partial charge in [-0.05, 0) is 48.6 Å². The van der Waals surface area contributed by atoms with Gasteiger partial charge in [-0.3, -0.25) is 53.5 Å². The van der Waals surface area contributed by atoms with Gasteiger partial charge in [0.25, 0.3) is 5.69 Å². The highest BCUT2D eigenvalue weighted by molar-refractivity contribution is 5.98. The van der Waals surface area contributed by atoms with E-state index in [1.807, 2.05) is 0 Å². The Hall–Kier alpha value is -8.49. The van der Waals surface area contributed by atoms with Gasteiger partial charge in [0.1, 0.15) is 42.3 Å². The van der Waals surface area contributed by atoms with Gasteiger partial charge in [0.05, 0.1) is 23.7 Å². The van der Waals surface area contributed by atoms with Crippen molar-refractivity contribution >= 4 is 64.9 Å². The van der Waals surface area contributed by atoms with E-state index in [9.17, 15) is 58.4 Å². The topological polar surface area (TPSA) is 438 Å². The second kappa shape index (κ2) is 29.6. The molecule has 27 heteroatoms. The molecule has 1 aliphatic rings. The normalized spacial score (nSPS) is 16.2. The number of carboxylic acid groups (broad SMARTS) is 1. The van der Waals surface area contributed by atoms with Crippen LogP contribution in [0.25, 0.3) is 0 Å². The molecule has 27 nitrogen and oxygen atoms in total. The van der Waals surface area contributed by atoms with Gasteiger partial charge in [0, 0.05) is 56.4 Å². The quantitative estimate of drug-likeness (QED) is 0.0116. The number of aromatic nitrogens is 2. The molecule has 3 aromatic rings. The number of rotatable bonds is 30. The SMILES string of the molecule is CC[C@H](C)[C@H](NC(=O)[C@H](Cc1ccc([N+](=O)[O-])cc1)NC(=O)[C@@H](NC(=O)[C@H](CCCN=C(N)N)NC(=O)[C@@H](N)CC(N)=O)C(C)C)C(=O)N[C@@H](Cc1cnc[nH]1)C(=O)N1CCC[C@H]1C(=O)N[C@@H](Cc1ccccc1)C(=O)O. The Morgan fingerprint density at radius 1 is 0.779 bits per heavy atom. The van der Waals surface area contributed by atoms with E-state index in [2.05, 4.69) is 46.9 Å². The van der Waals surface area contributed by atoms with E-state index in [0.29, 0.717) is 29.7 Å². The number of imidazole rings is 1. The number of carbonyl (C=O) groups is 9. The number of aliphatic carboxylic acids is 1. The second-order valence-corrected chi connectivity index (χ2v) is 19.2. The van der Waals surface area contributed by atoms with Crippen molar-refractivity contribution < 1.29 is 53.2 Å². The Bertz CT molecular complexity index is 2560. The standard InChI is InChI=1S/C50H71N15O12/c1-5-28(4)41(47(72)60-36(23-31-25-55-26-57-31)48(73)64-20-10-14-38(64)45(70)61-37(49(74)75)22-29-11-7-6-8-12-29)63-44(69)35(21-30-15-17-32(18-16-30)65(76)77)59-46(71)40(27(2)3)62-43(68)34(13-9-19-56-50(53)54)58-42(67)33(51)24-39(52)66/h6-8,11-12,15-18,25-28,33-38,40-41H,5,9-10,13-14,19-24,51H2,1-4H3,(H2,52,66)(H,55,57)(H,58,67)(H,59,71)(H,60,72)(H,61,70)(H,62,68)(H,63,69)(H,74,75)(H4,53,54,56)/t28-,33-,34-,35-,36-,37-,38-,40-,41-/m0/s1. The fourth-order valence-electron chi connectivity index (χ4n) is 8.46. The lowest BCUT2D eigenvalue weighted by Crippen LogP contribution is -2.62. The number of H-pyrrole nitrogens is 1. The maximum Gasteiger partial charge on any atom is 0.326 e. The highest BCUT2D eigenvalue weighted by Gasteiger charge is 2.41. The number of aromatic amines is 1. The average molecular weight is 1070 g/mol. The number of guanidine groups is 1. The number of non-ortho nitro benzene ring substituents is 1. The lowest BCUT2D eigenvalue weighted by Gasteiger charge is -2.32. The van der Waals surface area contributed by atoms with Crippen molar-refractivity contribution in [2.24, 2.45) is 39.8 Å². The Kier molecular flexibility index (Phi) is 23.4. The van der Waals surface area contributed by atoms with Gasteiger partial charge in [-0.1, -0.05) is 76.6 Å². The van der Waals surface area contributed by atoms with Gasteiger partial charge in [-0.2, -0.15) is 0 Å². The number of aliphatic imine (C=N–C) groups is 1. The average Bonchev–Trinajstić information content (AvgIpc) is 4.10. The predicted octanol–water partition coefficient (Wildman–Crippen LogP) is -1.71. The lowest BCUT2D eigenvalue weighted by atomic mass is 9.96. The van der Waals surface area contributed by atoms with E-state index in [-0.39, 0.29) is 63.3 Å². The minimum atomic E-state index is -1.51. The molecule has 2 heterocycles. The van der Waals surface area contributed by atoms with Gasteiger partial charge < -0.3 is 69.8 Å². The van der Waals surface area contributed by atoms with Crippen molar-refractivity contribution in [3.05, 3.63) is 94.1 Å². The lowest BCUT2D eigenvalue weighted by molar-refractivity contribution is -0.384. The minimum absolute atomic E-state index is 0.0141. The van der Waals surface area contributed by atoms with E-state index in [4.69, 9.17) is 22.9 Å². The number of primary amides is 1. The number of carboxylic acids is 1. The van der Waals surface area contributed by atoms with Gasteiger partial charge in [0.15, 0.2) is 5.96 Å². The van der Waals surface area contributed by atoms with E-state index in [0.717, 1.165) is 0 Å². The van der Waals surface area contributed by atoms with Crippen LogP contribution < -0.4 is 54.8 Å². The van der Waals surface area contributed by atoms with E-state index in [1.165, 1.54) is 41.7 Å². The molecular formula is C50H71N15O12. The second-order valence-electron chi connectivity index (χ2n) is 19.2. The van der Waals surface area contributed by atoms with Crippen LogP contribution in [0.15, 0.2) is 72.1 Å². The molecule has 0 spiro atoms. The molecule has 1 saturated heterocycles. The molecule has 1 aliphatic heterocycles. The monoisotopic (exact) mass is 1070 g/mol. The van der Waals surface area contributed by atoms with E-state index in [1.54, 1.807) is 58.0 Å². The van der Waals surface area contributed by atoms with Crippen LogP contribution >= 0.6 is 0 Å². The Balaban J connectivity index is 1.62. The van der Waals surface area contributed by atoms with Crippen LogP contribution in [0.4, 0.5) is 5.69 Å². The number of amides is 8. The first-order chi connectivity index (χ1) is 36.5. The van der Waals surface area contributed by atoms with Gasteiger partial charge in [-0.25, -0.2) is 9.78 Å². The number of hydrogen-bond donors (Lipinski definition) is 12. The largest absolute Gasteiger partial charge is 0.480 e. The predicted molar refractivity (Wildman–Crippen MR) is 279 cm³/mol. The number of nitro benzene ring substituents is 1. The molecule has 0 saturated carbocycles. The molecule has 0 aliphatic carbocycles. The van der Waals surface area contributed by atoms with Crippen molar-refractivity contribution in [3.8, 4) is 0 Å². The molecule has 1 aromatic heterocycles. The third-order valence-electron chi connectivity index (χ3n) is 12.9. The van der Waals surface area contributed by atoms with Crippen LogP contribution in [-0.2, 0) is 62.4 Å². The number of nitrogens with one attached hydrogen (secondary N) is 7. The first-order valence-corrected chi connectivity index (χ1v) is 25.2. The molecule has 8 amide bonds. The summed E-state index contributed by atoms with van der Waals surface area (Å²) in [6.45, 7) is 6.80. The summed E-state index contributed by atoms with van der Waals surface area (Å²) in [5.41, 5.74) is 23.1. The fourth-order valence-corrected chi connectivity index (χ4v) is 8.46. The van der Waals surface area contributed by atoms with Crippen molar-refractivity contribution in [2.75, 3.05) is 13.1 Å². The number of likely N-dealkylation sites (tertiary alicyclic amines) is 1. The van der Waals surface area contributed by atoms with Crippen LogP contribution in [0.1, 0.15) is 83.0 Å². The summed E-state index contributed by atoms with van der Waals surface area (Å²) in [6.07, 6.45) is 2.89. The highest BCUT2D eigenvalue weighted by Crippen LogP contribution is 2.21. The van der Waals surface area contributed by atoms with Crippen LogP contribution in [-0.4, -0.2) is 146 Å². The summed E-state index contributed by atoms with van der Waals surface area (Å²) >= 11 is 0. The fraction of sp³-hybridized carbons (Fsp3) is 0.500. The van der Waals surface area contributed by atoms with Crippen LogP contribution in [0.2, 0.25) is 0 Å². The molecule has 0 unspecified atom stereocenters. The third kappa shape index (κ3) is 19.0. The summed E-state index contributed by atoms with van der Waals surface area (Å²) in [4.78, 5) is 146. The van der Waals surface area contributed by atoms with Crippen molar-refractivity contribution in [1.29, 1.82) is 0 Å².